The van der Waals surface area contributed by atoms with Crippen LogP contribution in [-0.2, 0) is 18.9 Å². The lowest BCUT2D eigenvalue weighted by molar-refractivity contribution is -0.0790. The van der Waals surface area contributed by atoms with Crippen molar-refractivity contribution in [3.8, 4) is 0 Å². The minimum atomic E-state index is -0.601. The maximum atomic E-state index is 9.30. The number of hydrogen-bond acceptors (Lipinski definition) is 5. The lowest BCUT2D eigenvalue weighted by Crippen LogP contribution is -2.30. The Labute approximate surface area is 84.9 Å². The first-order chi connectivity index (χ1) is 6.74. The van der Waals surface area contributed by atoms with E-state index in [1.165, 1.54) is 7.11 Å². The third-order valence-electron chi connectivity index (χ3n) is 1.59. The van der Waals surface area contributed by atoms with Crippen molar-refractivity contribution in [2.24, 2.45) is 0 Å². The number of aliphatic hydroxyl groups is 1. The van der Waals surface area contributed by atoms with E-state index in [0.29, 0.717) is 13.2 Å². The molecule has 14 heavy (non-hydrogen) atoms. The molecule has 0 heterocycles. The number of methoxy groups -OCH3 is 3. The molecule has 86 valence electrons. The fraction of sp³-hybridized carbons (Fsp3) is 1.00. The molecule has 0 saturated heterocycles. The molecule has 0 amide bonds. The average molecular weight is 208 g/mol. The molecule has 1 N–H and O–H groups in total. The van der Waals surface area contributed by atoms with Crippen molar-refractivity contribution in [2.45, 2.75) is 12.2 Å². The molecule has 0 fully saturated rings. The fourth-order valence-electron chi connectivity index (χ4n) is 1.00. The molecule has 0 saturated carbocycles. The minimum Gasteiger partial charge on any atom is -0.388 e. The maximum absolute atomic E-state index is 9.30. The summed E-state index contributed by atoms with van der Waals surface area (Å²) in [7, 11) is 4.72. The van der Waals surface area contributed by atoms with Crippen LogP contribution in [0, 0.1) is 0 Å². The van der Waals surface area contributed by atoms with Gasteiger partial charge in [0, 0.05) is 21.3 Å². The SMILES string of the molecule is COCC(O)COC(COC)COC. The van der Waals surface area contributed by atoms with Crippen molar-refractivity contribution in [1.82, 2.24) is 0 Å². The highest BCUT2D eigenvalue weighted by molar-refractivity contribution is 4.58. The van der Waals surface area contributed by atoms with Crippen LogP contribution in [0.25, 0.3) is 0 Å². The Balaban J connectivity index is 3.57. The first kappa shape index (κ1) is 13.8. The lowest BCUT2D eigenvalue weighted by Gasteiger charge is -2.18. The molecular weight excluding hydrogens is 188 g/mol. The molecule has 0 bridgehead atoms. The van der Waals surface area contributed by atoms with Gasteiger partial charge in [0.1, 0.15) is 12.2 Å². The summed E-state index contributed by atoms with van der Waals surface area (Å²) < 4.78 is 20.0. The van der Waals surface area contributed by atoms with Crippen LogP contribution in [0.15, 0.2) is 0 Å². The normalized spacial score (nSPS) is 13.5. The summed E-state index contributed by atoms with van der Waals surface area (Å²) in [6, 6.07) is 0. The van der Waals surface area contributed by atoms with Gasteiger partial charge in [0.15, 0.2) is 0 Å². The number of aliphatic hydroxyl groups excluding tert-OH is 1. The van der Waals surface area contributed by atoms with Gasteiger partial charge in [-0.05, 0) is 0 Å². The van der Waals surface area contributed by atoms with Crippen molar-refractivity contribution in [1.29, 1.82) is 0 Å². The summed E-state index contributed by atoms with van der Waals surface area (Å²) in [4.78, 5) is 0. The van der Waals surface area contributed by atoms with Gasteiger partial charge >= 0.3 is 0 Å². The Kier molecular flexibility index (Phi) is 9.23. The van der Waals surface area contributed by atoms with Crippen molar-refractivity contribution in [2.75, 3.05) is 47.8 Å². The zero-order valence-corrected chi connectivity index (χ0v) is 9.06. The summed E-state index contributed by atoms with van der Waals surface area (Å²) in [5.41, 5.74) is 0. The van der Waals surface area contributed by atoms with Crippen LogP contribution in [0.5, 0.6) is 0 Å². The molecule has 5 heteroatoms. The van der Waals surface area contributed by atoms with Gasteiger partial charge < -0.3 is 24.1 Å². The third-order valence-corrected chi connectivity index (χ3v) is 1.59. The molecule has 0 aliphatic carbocycles. The second-order valence-corrected chi connectivity index (χ2v) is 2.98. The van der Waals surface area contributed by atoms with Gasteiger partial charge in [0.2, 0.25) is 0 Å². The maximum Gasteiger partial charge on any atom is 0.104 e. The number of ether oxygens (including phenoxy) is 4. The monoisotopic (exact) mass is 208 g/mol. The van der Waals surface area contributed by atoms with Gasteiger partial charge in [-0.3, -0.25) is 0 Å². The van der Waals surface area contributed by atoms with E-state index in [0.717, 1.165) is 0 Å². The largest absolute Gasteiger partial charge is 0.388 e. The number of rotatable bonds is 9. The molecule has 0 aromatic rings. The molecule has 0 aromatic carbocycles. The molecule has 0 aromatic heterocycles. The molecule has 1 unspecified atom stereocenters. The van der Waals surface area contributed by atoms with Gasteiger partial charge in [-0.25, -0.2) is 0 Å². The third kappa shape index (κ3) is 7.23. The van der Waals surface area contributed by atoms with Crippen LogP contribution >= 0.6 is 0 Å². The molecule has 0 radical (unpaired) electrons. The van der Waals surface area contributed by atoms with Crippen LogP contribution in [-0.4, -0.2) is 65.1 Å². The highest BCUT2D eigenvalue weighted by Gasteiger charge is 2.11. The zero-order valence-electron chi connectivity index (χ0n) is 9.06. The lowest BCUT2D eigenvalue weighted by atomic mass is 10.3. The fourth-order valence-corrected chi connectivity index (χ4v) is 1.00. The van der Waals surface area contributed by atoms with Crippen LogP contribution in [0.2, 0.25) is 0 Å². The Bertz CT molecular complexity index is 114. The Hall–Kier alpha value is -0.200. The minimum absolute atomic E-state index is 0.142. The van der Waals surface area contributed by atoms with E-state index < -0.39 is 6.10 Å². The van der Waals surface area contributed by atoms with Gasteiger partial charge in [0.25, 0.3) is 0 Å². The second kappa shape index (κ2) is 9.36. The summed E-state index contributed by atoms with van der Waals surface area (Å²) in [6.07, 6.45) is -0.743. The van der Waals surface area contributed by atoms with E-state index in [2.05, 4.69) is 0 Å². The number of hydrogen-bond donors (Lipinski definition) is 1. The predicted molar refractivity (Wildman–Crippen MR) is 51.4 cm³/mol. The molecule has 0 aliphatic rings. The highest BCUT2D eigenvalue weighted by Crippen LogP contribution is 1.96. The molecule has 0 rings (SSSR count). The quantitative estimate of drug-likeness (QED) is 0.562. The summed E-state index contributed by atoms with van der Waals surface area (Å²) in [5, 5.41) is 9.30. The van der Waals surface area contributed by atoms with Crippen LogP contribution in [0.4, 0.5) is 0 Å². The highest BCUT2D eigenvalue weighted by atomic mass is 16.6. The van der Waals surface area contributed by atoms with E-state index >= 15 is 0 Å². The van der Waals surface area contributed by atoms with E-state index in [1.807, 2.05) is 0 Å². The Morgan fingerprint density at radius 2 is 1.36 bits per heavy atom. The summed E-state index contributed by atoms with van der Waals surface area (Å²) in [6.45, 7) is 1.40. The van der Waals surface area contributed by atoms with Gasteiger partial charge in [-0.15, -0.1) is 0 Å². The van der Waals surface area contributed by atoms with E-state index in [4.69, 9.17) is 18.9 Å². The van der Waals surface area contributed by atoms with Crippen LogP contribution in [0.3, 0.4) is 0 Å². The van der Waals surface area contributed by atoms with Crippen molar-refractivity contribution >= 4 is 0 Å². The van der Waals surface area contributed by atoms with E-state index in [1.54, 1.807) is 14.2 Å². The summed E-state index contributed by atoms with van der Waals surface area (Å²) in [5.74, 6) is 0. The molecule has 0 aliphatic heterocycles. The van der Waals surface area contributed by atoms with Crippen LogP contribution in [0.1, 0.15) is 0 Å². The first-order valence-electron chi connectivity index (χ1n) is 4.51. The Morgan fingerprint density at radius 1 is 0.857 bits per heavy atom. The topological polar surface area (TPSA) is 57.2 Å². The standard InChI is InChI=1S/C9H20O5/c1-11-4-8(10)5-14-9(6-12-2)7-13-3/h8-10H,4-7H2,1-3H3. The van der Waals surface area contributed by atoms with Gasteiger partial charge in [-0.2, -0.15) is 0 Å². The summed E-state index contributed by atoms with van der Waals surface area (Å²) >= 11 is 0. The second-order valence-electron chi connectivity index (χ2n) is 2.98. The molecule has 0 spiro atoms. The van der Waals surface area contributed by atoms with Gasteiger partial charge in [0.05, 0.1) is 26.4 Å². The molecule has 1 atom stereocenters. The van der Waals surface area contributed by atoms with E-state index in [9.17, 15) is 5.11 Å². The Morgan fingerprint density at radius 3 is 1.79 bits per heavy atom. The first-order valence-corrected chi connectivity index (χ1v) is 4.51. The van der Waals surface area contributed by atoms with Crippen LogP contribution < -0.4 is 0 Å². The zero-order chi connectivity index (χ0) is 10.8. The smallest absolute Gasteiger partial charge is 0.104 e. The predicted octanol–water partition coefficient (Wildman–Crippen LogP) is -0.328. The molecule has 5 nitrogen and oxygen atoms in total. The van der Waals surface area contributed by atoms with Crippen molar-refractivity contribution < 1.29 is 24.1 Å². The molecular formula is C9H20O5. The van der Waals surface area contributed by atoms with E-state index in [-0.39, 0.29) is 19.3 Å². The van der Waals surface area contributed by atoms with Crippen molar-refractivity contribution in [3.63, 3.8) is 0 Å². The van der Waals surface area contributed by atoms with Crippen molar-refractivity contribution in [3.05, 3.63) is 0 Å². The van der Waals surface area contributed by atoms with Gasteiger partial charge in [-0.1, -0.05) is 0 Å². The average Bonchev–Trinajstić information content (AvgIpc) is 2.15.